The molecule has 0 saturated heterocycles. The van der Waals surface area contributed by atoms with Crippen molar-refractivity contribution in [3.05, 3.63) is 52.7 Å². The number of aromatic hydroxyl groups is 1. The predicted molar refractivity (Wildman–Crippen MR) is 60.9 cm³/mol. The third-order valence-corrected chi connectivity index (χ3v) is 2.03. The number of anilines is 1. The van der Waals surface area contributed by atoms with Crippen LogP contribution in [0.5, 0.6) is 5.75 Å². The lowest BCUT2D eigenvalue weighted by Crippen LogP contribution is -2.16. The number of hydrogen-bond donors (Lipinski definition) is 3. The van der Waals surface area contributed by atoms with Crippen LogP contribution in [0.15, 0.2) is 41.5 Å². The van der Waals surface area contributed by atoms with E-state index < -0.39 is 5.91 Å². The number of aromatic amines is 1. The number of aromatic nitrogens is 2. The first-order chi connectivity index (χ1) is 8.15. The summed E-state index contributed by atoms with van der Waals surface area (Å²) in [6.45, 7) is 0. The molecule has 0 unspecified atom stereocenters. The third kappa shape index (κ3) is 2.69. The van der Waals surface area contributed by atoms with Crippen molar-refractivity contribution >= 4 is 11.6 Å². The summed E-state index contributed by atoms with van der Waals surface area (Å²) in [6.07, 6.45) is 2.27. The molecule has 6 nitrogen and oxygen atoms in total. The summed E-state index contributed by atoms with van der Waals surface area (Å²) in [6, 6.07) is 6.02. The molecule has 1 heterocycles. The van der Waals surface area contributed by atoms with Gasteiger partial charge >= 0.3 is 0 Å². The Hall–Kier alpha value is -2.63. The second kappa shape index (κ2) is 4.48. The van der Waals surface area contributed by atoms with E-state index in [-0.39, 0.29) is 17.0 Å². The van der Waals surface area contributed by atoms with E-state index in [4.69, 9.17) is 5.11 Å². The number of hydrogen-bond acceptors (Lipinski definition) is 4. The van der Waals surface area contributed by atoms with Crippen molar-refractivity contribution in [3.63, 3.8) is 0 Å². The lowest BCUT2D eigenvalue weighted by atomic mass is 10.3. The standard InChI is InChI=1S/C11H9N3O3/c15-8-3-1-7(2-4-8)14-11(17)9-5-13-10(16)6-12-9/h1-6,15H,(H,13,16)(H,14,17). The van der Waals surface area contributed by atoms with Crippen molar-refractivity contribution in [2.75, 3.05) is 5.32 Å². The largest absolute Gasteiger partial charge is 0.508 e. The minimum absolute atomic E-state index is 0.109. The zero-order valence-electron chi connectivity index (χ0n) is 8.68. The smallest absolute Gasteiger partial charge is 0.275 e. The minimum Gasteiger partial charge on any atom is -0.508 e. The molecular weight excluding hydrogens is 222 g/mol. The fraction of sp³-hybridized carbons (Fsp3) is 0. The van der Waals surface area contributed by atoms with Crippen molar-refractivity contribution in [1.82, 2.24) is 9.97 Å². The van der Waals surface area contributed by atoms with Crippen molar-refractivity contribution < 1.29 is 9.90 Å². The Balaban J connectivity index is 2.14. The van der Waals surface area contributed by atoms with Gasteiger partial charge in [-0.1, -0.05) is 0 Å². The predicted octanol–water partition coefficient (Wildman–Crippen LogP) is 0.728. The van der Waals surface area contributed by atoms with Crippen LogP contribution in [0.3, 0.4) is 0 Å². The molecule has 0 spiro atoms. The Bertz CT molecular complexity index is 569. The maximum Gasteiger partial charge on any atom is 0.275 e. The van der Waals surface area contributed by atoms with E-state index in [0.717, 1.165) is 6.20 Å². The highest BCUT2D eigenvalue weighted by Crippen LogP contribution is 2.14. The van der Waals surface area contributed by atoms with Gasteiger partial charge in [0.1, 0.15) is 11.4 Å². The average Bonchev–Trinajstić information content (AvgIpc) is 2.33. The van der Waals surface area contributed by atoms with Crippen LogP contribution in [0.2, 0.25) is 0 Å². The second-order valence-corrected chi connectivity index (χ2v) is 3.30. The summed E-state index contributed by atoms with van der Waals surface area (Å²) in [7, 11) is 0. The number of carbonyl (C=O) groups is 1. The highest BCUT2D eigenvalue weighted by molar-refractivity contribution is 6.02. The first-order valence-corrected chi connectivity index (χ1v) is 4.80. The van der Waals surface area contributed by atoms with E-state index in [1.165, 1.54) is 18.3 Å². The first kappa shape index (κ1) is 10.9. The number of carbonyl (C=O) groups excluding carboxylic acids is 1. The molecule has 3 N–H and O–H groups in total. The normalized spacial score (nSPS) is 9.88. The number of H-pyrrole nitrogens is 1. The number of amides is 1. The van der Waals surface area contributed by atoms with Gasteiger partial charge in [-0.25, -0.2) is 4.98 Å². The van der Waals surface area contributed by atoms with Crippen molar-refractivity contribution in [2.24, 2.45) is 0 Å². The Morgan fingerprint density at radius 3 is 2.59 bits per heavy atom. The van der Waals surface area contributed by atoms with Crippen LogP contribution < -0.4 is 10.9 Å². The molecule has 1 aromatic carbocycles. The molecular formula is C11H9N3O3. The lowest BCUT2D eigenvalue weighted by Gasteiger charge is -2.03. The van der Waals surface area contributed by atoms with Crippen molar-refractivity contribution in [2.45, 2.75) is 0 Å². The Morgan fingerprint density at radius 1 is 1.29 bits per heavy atom. The summed E-state index contributed by atoms with van der Waals surface area (Å²) in [4.78, 5) is 28.5. The molecule has 0 aliphatic carbocycles. The third-order valence-electron chi connectivity index (χ3n) is 2.03. The fourth-order valence-corrected chi connectivity index (χ4v) is 1.21. The van der Waals surface area contributed by atoms with Gasteiger partial charge in [-0.05, 0) is 24.3 Å². The van der Waals surface area contributed by atoms with Gasteiger partial charge in [0, 0.05) is 11.9 Å². The molecule has 6 heteroatoms. The highest BCUT2D eigenvalue weighted by Gasteiger charge is 2.07. The fourth-order valence-electron chi connectivity index (χ4n) is 1.21. The molecule has 0 radical (unpaired) electrons. The number of phenols is 1. The van der Waals surface area contributed by atoms with Crippen molar-refractivity contribution in [1.29, 1.82) is 0 Å². The van der Waals surface area contributed by atoms with Gasteiger partial charge in [0.25, 0.3) is 11.5 Å². The van der Waals surface area contributed by atoms with Crippen LogP contribution >= 0.6 is 0 Å². The molecule has 2 rings (SSSR count). The van der Waals surface area contributed by atoms with Crippen molar-refractivity contribution in [3.8, 4) is 5.75 Å². The Morgan fingerprint density at radius 2 is 2.00 bits per heavy atom. The molecule has 17 heavy (non-hydrogen) atoms. The Kier molecular flexibility index (Phi) is 2.87. The summed E-state index contributed by atoms with van der Waals surface area (Å²) >= 11 is 0. The number of nitrogens with one attached hydrogen (secondary N) is 2. The topological polar surface area (TPSA) is 95.1 Å². The quantitative estimate of drug-likeness (QED) is 0.664. The number of benzene rings is 1. The number of rotatable bonds is 2. The molecule has 0 aliphatic heterocycles. The van der Waals surface area contributed by atoms with Crippen LogP contribution in [0.1, 0.15) is 10.5 Å². The van der Waals surface area contributed by atoms with Gasteiger partial charge < -0.3 is 15.4 Å². The second-order valence-electron chi connectivity index (χ2n) is 3.30. The van der Waals surface area contributed by atoms with Crippen LogP contribution in [-0.2, 0) is 0 Å². The van der Waals surface area contributed by atoms with Gasteiger partial charge in [-0.15, -0.1) is 0 Å². The molecule has 0 bridgehead atoms. The molecule has 1 aromatic heterocycles. The van der Waals surface area contributed by atoms with Crippen LogP contribution in [0, 0.1) is 0 Å². The maximum absolute atomic E-state index is 11.7. The molecule has 86 valence electrons. The zero-order chi connectivity index (χ0) is 12.3. The van der Waals surface area contributed by atoms with E-state index in [1.807, 2.05) is 0 Å². The molecule has 2 aromatic rings. The van der Waals surface area contributed by atoms with Gasteiger partial charge in [0.2, 0.25) is 0 Å². The molecule has 0 saturated carbocycles. The Labute approximate surface area is 96.0 Å². The van der Waals surface area contributed by atoms with Gasteiger partial charge in [0.05, 0.1) is 6.20 Å². The SMILES string of the molecule is O=C(Nc1ccc(O)cc1)c1c[nH]c(=O)cn1. The lowest BCUT2D eigenvalue weighted by molar-refractivity contribution is 0.102. The summed E-state index contributed by atoms with van der Waals surface area (Å²) in [5.41, 5.74) is 0.268. The zero-order valence-corrected chi connectivity index (χ0v) is 8.68. The monoisotopic (exact) mass is 231 g/mol. The molecule has 1 amide bonds. The summed E-state index contributed by atoms with van der Waals surface area (Å²) in [5.74, 6) is -0.322. The van der Waals surface area contributed by atoms with E-state index in [1.54, 1.807) is 12.1 Å². The van der Waals surface area contributed by atoms with Gasteiger partial charge in [0.15, 0.2) is 0 Å². The highest BCUT2D eigenvalue weighted by atomic mass is 16.3. The van der Waals surface area contributed by atoms with Crippen LogP contribution in [0.4, 0.5) is 5.69 Å². The average molecular weight is 231 g/mol. The van der Waals surface area contributed by atoms with Crippen LogP contribution in [-0.4, -0.2) is 21.0 Å². The van der Waals surface area contributed by atoms with E-state index in [9.17, 15) is 9.59 Å². The maximum atomic E-state index is 11.7. The van der Waals surface area contributed by atoms with E-state index in [0.29, 0.717) is 5.69 Å². The van der Waals surface area contributed by atoms with Crippen LogP contribution in [0.25, 0.3) is 0 Å². The summed E-state index contributed by atoms with van der Waals surface area (Å²) in [5, 5.41) is 11.6. The van der Waals surface area contributed by atoms with E-state index in [2.05, 4.69) is 15.3 Å². The van der Waals surface area contributed by atoms with E-state index >= 15 is 0 Å². The van der Waals surface area contributed by atoms with Gasteiger partial charge in [-0.3, -0.25) is 9.59 Å². The minimum atomic E-state index is -0.438. The molecule has 0 aliphatic rings. The number of nitrogens with zero attached hydrogens (tertiary/aromatic N) is 1. The summed E-state index contributed by atoms with van der Waals surface area (Å²) < 4.78 is 0. The number of phenolic OH excluding ortho intramolecular Hbond substituents is 1. The first-order valence-electron chi connectivity index (χ1n) is 4.80. The molecule has 0 fully saturated rings. The molecule has 0 atom stereocenters. The van der Waals surface area contributed by atoms with Gasteiger partial charge in [-0.2, -0.15) is 0 Å².